The number of hydrogen-bond donors (Lipinski definition) is 1. The van der Waals surface area contributed by atoms with Gasteiger partial charge in [0.05, 0.1) is 11.1 Å². The van der Waals surface area contributed by atoms with Crippen LogP contribution in [0.1, 0.15) is 39.0 Å². The molecule has 0 saturated heterocycles. The summed E-state index contributed by atoms with van der Waals surface area (Å²) in [7, 11) is 0. The van der Waals surface area contributed by atoms with Gasteiger partial charge in [-0.3, -0.25) is 9.59 Å². The molecule has 0 fully saturated rings. The summed E-state index contributed by atoms with van der Waals surface area (Å²) in [5, 5.41) is 2.42. The molecular weight excluding hydrogens is 406 g/mol. The molecule has 31 heavy (non-hydrogen) atoms. The summed E-state index contributed by atoms with van der Waals surface area (Å²) >= 11 is 0. The number of aryl methyl sites for hydroxylation is 1. The van der Waals surface area contributed by atoms with Crippen molar-refractivity contribution in [1.29, 1.82) is 0 Å². The molecule has 0 saturated carbocycles. The lowest BCUT2D eigenvalue weighted by Gasteiger charge is -2.10. The second kappa shape index (κ2) is 8.91. The third-order valence-electron chi connectivity index (χ3n) is 4.66. The van der Waals surface area contributed by atoms with Crippen molar-refractivity contribution in [3.8, 4) is 5.69 Å². The summed E-state index contributed by atoms with van der Waals surface area (Å²) in [5.41, 5.74) is 2.17. The third-order valence-corrected chi connectivity index (χ3v) is 4.66. The Labute approximate surface area is 177 Å². The number of ether oxygens (including phenoxy) is 1. The lowest BCUT2D eigenvalue weighted by molar-refractivity contribution is -0.114. The van der Waals surface area contributed by atoms with Gasteiger partial charge in [0.15, 0.2) is 6.61 Å². The zero-order valence-electron chi connectivity index (χ0n) is 17.2. The molecule has 1 amide bonds. The molecule has 3 rings (SSSR count). The van der Waals surface area contributed by atoms with E-state index in [4.69, 9.17) is 4.74 Å². The number of anilines is 1. The minimum atomic E-state index is -0.832. The Morgan fingerprint density at radius 2 is 1.65 bits per heavy atom. The van der Waals surface area contributed by atoms with Gasteiger partial charge in [-0.05, 0) is 62.4 Å². The number of rotatable bonds is 6. The van der Waals surface area contributed by atoms with Crippen molar-refractivity contribution in [2.45, 2.75) is 20.8 Å². The number of aromatic nitrogens is 1. The fourth-order valence-corrected chi connectivity index (χ4v) is 3.27. The van der Waals surface area contributed by atoms with Gasteiger partial charge in [-0.15, -0.1) is 0 Å². The van der Waals surface area contributed by atoms with E-state index in [1.165, 1.54) is 31.2 Å². The van der Waals surface area contributed by atoms with Crippen LogP contribution in [0.25, 0.3) is 5.69 Å². The molecule has 160 valence electrons. The molecule has 1 heterocycles. The Morgan fingerprint density at radius 1 is 0.968 bits per heavy atom. The quantitative estimate of drug-likeness (QED) is 0.469. The number of Topliss-reactive ketones (excluding diaryl/α,β-unsaturated/α-hetero) is 1. The highest BCUT2D eigenvalue weighted by atomic mass is 19.1. The van der Waals surface area contributed by atoms with Crippen LogP contribution in [0.4, 0.5) is 14.5 Å². The highest BCUT2D eigenvalue weighted by Gasteiger charge is 2.20. The highest BCUT2D eigenvalue weighted by molar-refractivity contribution is 6.00. The lowest BCUT2D eigenvalue weighted by atomic mass is 10.1. The molecule has 3 aromatic rings. The summed E-state index contributed by atoms with van der Waals surface area (Å²) in [4.78, 5) is 35.9. The third kappa shape index (κ3) is 4.85. The second-order valence-electron chi connectivity index (χ2n) is 6.97. The second-order valence-corrected chi connectivity index (χ2v) is 6.97. The number of benzene rings is 2. The molecule has 0 radical (unpaired) electrons. The van der Waals surface area contributed by atoms with Gasteiger partial charge in [0.2, 0.25) is 11.7 Å². The van der Waals surface area contributed by atoms with Gasteiger partial charge in [-0.1, -0.05) is 0 Å². The van der Waals surface area contributed by atoms with Gasteiger partial charge in [-0.2, -0.15) is 0 Å². The van der Waals surface area contributed by atoms with E-state index in [2.05, 4.69) is 5.32 Å². The first kappa shape index (κ1) is 21.9. The minimum Gasteiger partial charge on any atom is -0.454 e. The van der Waals surface area contributed by atoms with E-state index in [1.54, 1.807) is 36.6 Å². The number of halogens is 2. The summed E-state index contributed by atoms with van der Waals surface area (Å²) < 4.78 is 34.3. The standard InChI is InChI=1S/C23H20F2N2O4/c1-13-10-20(14(2)27(13)18-7-4-16(24)5-8-18)23(30)31-12-22(29)19-9-6-17(11-21(19)25)26-15(3)28/h4-11H,12H2,1-3H3,(H,26,28). The van der Waals surface area contributed by atoms with Crippen molar-refractivity contribution in [2.75, 3.05) is 11.9 Å². The van der Waals surface area contributed by atoms with E-state index in [1.807, 2.05) is 0 Å². The molecule has 6 nitrogen and oxygen atoms in total. The predicted octanol–water partition coefficient (Wildman–Crippen LogP) is 4.37. The molecule has 0 aliphatic carbocycles. The minimum absolute atomic E-state index is 0.215. The number of ketones is 1. The fraction of sp³-hybridized carbons (Fsp3) is 0.174. The van der Waals surface area contributed by atoms with E-state index in [-0.39, 0.29) is 28.5 Å². The first-order valence-corrected chi connectivity index (χ1v) is 9.39. The van der Waals surface area contributed by atoms with Crippen LogP contribution in [0, 0.1) is 25.5 Å². The molecule has 0 aliphatic heterocycles. The van der Waals surface area contributed by atoms with Crippen LogP contribution in [-0.2, 0) is 9.53 Å². The Hall–Kier alpha value is -3.81. The average Bonchev–Trinajstić information content (AvgIpc) is 3.00. The molecule has 0 spiro atoms. The normalized spacial score (nSPS) is 10.6. The van der Waals surface area contributed by atoms with E-state index in [9.17, 15) is 23.2 Å². The smallest absolute Gasteiger partial charge is 0.340 e. The van der Waals surface area contributed by atoms with Crippen LogP contribution in [0.2, 0.25) is 0 Å². The largest absolute Gasteiger partial charge is 0.454 e. The topological polar surface area (TPSA) is 77.4 Å². The van der Waals surface area contributed by atoms with Crippen molar-refractivity contribution in [3.05, 3.63) is 82.7 Å². The first-order valence-electron chi connectivity index (χ1n) is 9.39. The Balaban J connectivity index is 1.73. The number of carbonyl (C=O) groups is 3. The molecule has 0 atom stereocenters. The number of nitrogens with one attached hydrogen (secondary N) is 1. The van der Waals surface area contributed by atoms with Crippen molar-refractivity contribution in [2.24, 2.45) is 0 Å². The van der Waals surface area contributed by atoms with Crippen LogP contribution in [0.3, 0.4) is 0 Å². The van der Waals surface area contributed by atoms with Gasteiger partial charge in [0, 0.05) is 29.7 Å². The van der Waals surface area contributed by atoms with Crippen molar-refractivity contribution >= 4 is 23.3 Å². The van der Waals surface area contributed by atoms with E-state index >= 15 is 0 Å². The lowest BCUT2D eigenvalue weighted by Crippen LogP contribution is -2.16. The van der Waals surface area contributed by atoms with Crippen LogP contribution in [-0.4, -0.2) is 28.8 Å². The van der Waals surface area contributed by atoms with Gasteiger partial charge >= 0.3 is 5.97 Å². The Bertz CT molecular complexity index is 1170. The van der Waals surface area contributed by atoms with Crippen LogP contribution >= 0.6 is 0 Å². The van der Waals surface area contributed by atoms with E-state index in [0.29, 0.717) is 11.4 Å². The highest BCUT2D eigenvalue weighted by Crippen LogP contribution is 2.22. The number of carbonyl (C=O) groups excluding carboxylic acids is 3. The predicted molar refractivity (Wildman–Crippen MR) is 111 cm³/mol. The fourth-order valence-electron chi connectivity index (χ4n) is 3.27. The van der Waals surface area contributed by atoms with Gasteiger partial charge in [0.25, 0.3) is 0 Å². The molecule has 8 heteroatoms. The Morgan fingerprint density at radius 3 is 2.26 bits per heavy atom. The van der Waals surface area contributed by atoms with Gasteiger partial charge in [0.1, 0.15) is 11.6 Å². The monoisotopic (exact) mass is 426 g/mol. The van der Waals surface area contributed by atoms with E-state index < -0.39 is 24.2 Å². The summed E-state index contributed by atoms with van der Waals surface area (Å²) in [6, 6.07) is 11.0. The van der Waals surface area contributed by atoms with Crippen LogP contribution in [0.15, 0.2) is 48.5 Å². The van der Waals surface area contributed by atoms with Crippen LogP contribution < -0.4 is 5.32 Å². The summed E-state index contributed by atoms with van der Waals surface area (Å²) in [6.07, 6.45) is 0. The zero-order chi connectivity index (χ0) is 22.7. The maximum absolute atomic E-state index is 14.2. The molecular formula is C23H20F2N2O4. The number of nitrogens with zero attached hydrogens (tertiary/aromatic N) is 1. The molecule has 1 N–H and O–H groups in total. The maximum Gasteiger partial charge on any atom is 0.340 e. The van der Waals surface area contributed by atoms with Gasteiger partial charge < -0.3 is 14.6 Å². The number of amides is 1. The first-order chi connectivity index (χ1) is 14.7. The number of hydrogen-bond acceptors (Lipinski definition) is 4. The zero-order valence-corrected chi connectivity index (χ0v) is 17.2. The van der Waals surface area contributed by atoms with Crippen LogP contribution in [0.5, 0.6) is 0 Å². The molecule has 0 aliphatic rings. The summed E-state index contributed by atoms with van der Waals surface area (Å²) in [5.74, 6) is -3.02. The molecule has 0 bridgehead atoms. The van der Waals surface area contributed by atoms with Crippen molar-refractivity contribution in [1.82, 2.24) is 4.57 Å². The summed E-state index contributed by atoms with van der Waals surface area (Å²) in [6.45, 7) is 4.12. The Kier molecular flexibility index (Phi) is 6.29. The van der Waals surface area contributed by atoms with E-state index in [0.717, 1.165) is 11.8 Å². The molecule has 0 unspecified atom stereocenters. The SMILES string of the molecule is CC(=O)Nc1ccc(C(=O)COC(=O)c2cc(C)n(-c3ccc(F)cc3)c2C)c(F)c1. The van der Waals surface area contributed by atoms with Gasteiger partial charge in [-0.25, -0.2) is 13.6 Å². The maximum atomic E-state index is 14.2. The number of esters is 1. The molecule has 2 aromatic carbocycles. The van der Waals surface area contributed by atoms with Crippen molar-refractivity contribution in [3.63, 3.8) is 0 Å². The van der Waals surface area contributed by atoms with Crippen molar-refractivity contribution < 1.29 is 27.9 Å². The average molecular weight is 426 g/mol. The molecule has 1 aromatic heterocycles.